The molecule has 2 atom stereocenters. The van der Waals surface area contributed by atoms with Crippen LogP contribution in [0.25, 0.3) is 0 Å². The molecular formula is C22H37N3O3. The Morgan fingerprint density at radius 1 is 0.929 bits per heavy atom. The molecule has 4 rings (SSSR count). The Hall–Kier alpha value is -1.14. The van der Waals surface area contributed by atoms with Crippen LogP contribution in [0.3, 0.4) is 0 Å². The van der Waals surface area contributed by atoms with Crippen molar-refractivity contribution >= 4 is 11.8 Å². The summed E-state index contributed by atoms with van der Waals surface area (Å²) in [6.07, 6.45) is 11.1. The molecule has 0 N–H and O–H groups in total. The van der Waals surface area contributed by atoms with Crippen LogP contribution >= 0.6 is 0 Å². The third kappa shape index (κ3) is 4.70. The number of piperidine rings is 1. The molecule has 6 nitrogen and oxygen atoms in total. The van der Waals surface area contributed by atoms with Gasteiger partial charge in [0.25, 0.3) is 0 Å². The minimum atomic E-state index is -0.124. The molecule has 3 saturated heterocycles. The molecule has 4 aliphatic rings. The predicted octanol–water partition coefficient (Wildman–Crippen LogP) is 2.27. The van der Waals surface area contributed by atoms with Crippen molar-refractivity contribution in [3.05, 3.63) is 0 Å². The quantitative estimate of drug-likeness (QED) is 0.690. The summed E-state index contributed by atoms with van der Waals surface area (Å²) in [6.45, 7) is 6.02. The van der Waals surface area contributed by atoms with Gasteiger partial charge in [-0.3, -0.25) is 14.5 Å². The van der Waals surface area contributed by atoms with Crippen LogP contribution in [0.4, 0.5) is 0 Å². The molecule has 0 aromatic rings. The number of amides is 2. The first kappa shape index (κ1) is 20.1. The number of carbonyl (C=O) groups excluding carboxylic acids is 2. The first-order chi connectivity index (χ1) is 13.7. The summed E-state index contributed by atoms with van der Waals surface area (Å²) < 4.78 is 5.47. The number of hydrogen-bond donors (Lipinski definition) is 0. The highest BCUT2D eigenvalue weighted by Gasteiger charge is 2.41. The molecule has 0 radical (unpaired) electrons. The highest BCUT2D eigenvalue weighted by molar-refractivity contribution is 5.89. The van der Waals surface area contributed by atoms with Gasteiger partial charge in [0, 0.05) is 51.2 Å². The topological polar surface area (TPSA) is 53.1 Å². The van der Waals surface area contributed by atoms with Gasteiger partial charge in [-0.2, -0.15) is 0 Å². The Morgan fingerprint density at radius 3 is 2.39 bits per heavy atom. The van der Waals surface area contributed by atoms with E-state index in [0.29, 0.717) is 25.0 Å². The Balaban J connectivity index is 1.37. The number of ether oxygens (including phenoxy) is 1. The Bertz CT molecular complexity index is 541. The van der Waals surface area contributed by atoms with Gasteiger partial charge in [0.2, 0.25) is 11.8 Å². The standard InChI is InChI=1S/C22H37N3O3/c26-21-15-18(16-25(21)19-7-3-1-2-4-8-19)22(27)24-10-6-5-9-20(24)17-23-11-13-28-14-12-23/h18-20H,1-17H2/t18-,20+/m1/s1. The lowest BCUT2D eigenvalue weighted by molar-refractivity contribution is -0.140. The highest BCUT2D eigenvalue weighted by atomic mass is 16.5. The van der Waals surface area contributed by atoms with E-state index in [1.54, 1.807) is 0 Å². The smallest absolute Gasteiger partial charge is 0.228 e. The monoisotopic (exact) mass is 391 g/mol. The lowest BCUT2D eigenvalue weighted by atomic mass is 9.98. The van der Waals surface area contributed by atoms with Crippen molar-refractivity contribution < 1.29 is 14.3 Å². The molecule has 0 aromatic carbocycles. The number of likely N-dealkylation sites (tertiary alicyclic amines) is 2. The summed E-state index contributed by atoms with van der Waals surface area (Å²) in [4.78, 5) is 32.8. The second kappa shape index (κ2) is 9.57. The van der Waals surface area contributed by atoms with Crippen LogP contribution in [0.2, 0.25) is 0 Å². The van der Waals surface area contributed by atoms with E-state index in [1.165, 1.54) is 32.1 Å². The molecule has 3 aliphatic heterocycles. The van der Waals surface area contributed by atoms with Gasteiger partial charge in [-0.05, 0) is 32.1 Å². The zero-order chi connectivity index (χ0) is 19.3. The number of rotatable bonds is 4. The average molecular weight is 392 g/mol. The minimum absolute atomic E-state index is 0.124. The first-order valence-corrected chi connectivity index (χ1v) is 11.6. The van der Waals surface area contributed by atoms with E-state index >= 15 is 0 Å². The molecule has 28 heavy (non-hydrogen) atoms. The van der Waals surface area contributed by atoms with Crippen molar-refractivity contribution in [2.45, 2.75) is 76.3 Å². The predicted molar refractivity (Wildman–Crippen MR) is 108 cm³/mol. The van der Waals surface area contributed by atoms with Crippen molar-refractivity contribution in [1.82, 2.24) is 14.7 Å². The number of nitrogens with zero attached hydrogens (tertiary/aromatic N) is 3. The third-order valence-electron chi connectivity index (χ3n) is 7.26. The van der Waals surface area contributed by atoms with Crippen molar-refractivity contribution in [1.29, 1.82) is 0 Å². The van der Waals surface area contributed by atoms with E-state index in [4.69, 9.17) is 4.74 Å². The number of morpholine rings is 1. The maximum Gasteiger partial charge on any atom is 0.228 e. The second-order valence-electron chi connectivity index (χ2n) is 9.19. The van der Waals surface area contributed by atoms with Crippen LogP contribution < -0.4 is 0 Å². The maximum atomic E-state index is 13.4. The van der Waals surface area contributed by atoms with Gasteiger partial charge < -0.3 is 14.5 Å². The van der Waals surface area contributed by atoms with E-state index < -0.39 is 0 Å². The van der Waals surface area contributed by atoms with E-state index in [0.717, 1.165) is 65.1 Å². The maximum absolute atomic E-state index is 13.4. The first-order valence-electron chi connectivity index (χ1n) is 11.6. The van der Waals surface area contributed by atoms with Gasteiger partial charge >= 0.3 is 0 Å². The summed E-state index contributed by atoms with van der Waals surface area (Å²) in [7, 11) is 0. The SMILES string of the molecule is O=C1C[C@@H](C(=O)N2CCCC[C@H]2CN2CCOCC2)CN1C1CCCCCC1. The van der Waals surface area contributed by atoms with Crippen LogP contribution in [0.5, 0.6) is 0 Å². The van der Waals surface area contributed by atoms with Crippen molar-refractivity contribution in [3.63, 3.8) is 0 Å². The van der Waals surface area contributed by atoms with Gasteiger partial charge in [0.15, 0.2) is 0 Å². The van der Waals surface area contributed by atoms with Gasteiger partial charge in [-0.1, -0.05) is 25.7 Å². The average Bonchev–Trinajstić information content (AvgIpc) is 2.92. The largest absolute Gasteiger partial charge is 0.379 e. The van der Waals surface area contributed by atoms with Crippen LogP contribution in [0, 0.1) is 5.92 Å². The van der Waals surface area contributed by atoms with Crippen LogP contribution in [-0.2, 0) is 14.3 Å². The van der Waals surface area contributed by atoms with Crippen molar-refractivity contribution in [2.75, 3.05) is 45.9 Å². The van der Waals surface area contributed by atoms with E-state index in [2.05, 4.69) is 14.7 Å². The van der Waals surface area contributed by atoms with E-state index in [1.807, 2.05) is 0 Å². The summed E-state index contributed by atoms with van der Waals surface area (Å²) in [5, 5.41) is 0. The Kier molecular flexibility index (Phi) is 6.89. The fraction of sp³-hybridized carbons (Fsp3) is 0.909. The zero-order valence-corrected chi connectivity index (χ0v) is 17.3. The van der Waals surface area contributed by atoms with Gasteiger partial charge in [-0.25, -0.2) is 0 Å². The molecule has 0 aromatic heterocycles. The summed E-state index contributed by atoms with van der Waals surface area (Å²) in [6, 6.07) is 0.680. The fourth-order valence-electron chi connectivity index (χ4n) is 5.62. The molecule has 0 bridgehead atoms. The normalized spacial score (nSPS) is 31.2. The molecule has 0 unspecified atom stereocenters. The van der Waals surface area contributed by atoms with Gasteiger partial charge in [0.05, 0.1) is 19.1 Å². The second-order valence-corrected chi connectivity index (χ2v) is 9.19. The Labute approximate surface area is 169 Å². The highest BCUT2D eigenvalue weighted by Crippen LogP contribution is 2.30. The summed E-state index contributed by atoms with van der Waals surface area (Å²) >= 11 is 0. The molecule has 4 fully saturated rings. The number of carbonyl (C=O) groups is 2. The fourth-order valence-corrected chi connectivity index (χ4v) is 5.62. The molecule has 2 amide bonds. The molecule has 1 aliphatic carbocycles. The molecular weight excluding hydrogens is 354 g/mol. The summed E-state index contributed by atoms with van der Waals surface area (Å²) in [5.41, 5.74) is 0. The van der Waals surface area contributed by atoms with Crippen LogP contribution in [0.15, 0.2) is 0 Å². The Morgan fingerprint density at radius 2 is 1.64 bits per heavy atom. The third-order valence-corrected chi connectivity index (χ3v) is 7.26. The minimum Gasteiger partial charge on any atom is -0.379 e. The molecule has 0 spiro atoms. The van der Waals surface area contributed by atoms with E-state index in [9.17, 15) is 9.59 Å². The molecule has 6 heteroatoms. The van der Waals surface area contributed by atoms with Gasteiger partial charge in [-0.15, -0.1) is 0 Å². The van der Waals surface area contributed by atoms with Gasteiger partial charge in [0.1, 0.15) is 0 Å². The summed E-state index contributed by atoms with van der Waals surface area (Å²) in [5.74, 6) is 0.329. The van der Waals surface area contributed by atoms with Crippen molar-refractivity contribution in [2.24, 2.45) is 5.92 Å². The molecule has 1 saturated carbocycles. The van der Waals surface area contributed by atoms with Crippen LogP contribution in [-0.4, -0.2) is 84.5 Å². The lowest BCUT2D eigenvalue weighted by Crippen LogP contribution is -2.53. The zero-order valence-electron chi connectivity index (χ0n) is 17.3. The van der Waals surface area contributed by atoms with Crippen molar-refractivity contribution in [3.8, 4) is 0 Å². The lowest BCUT2D eigenvalue weighted by Gasteiger charge is -2.40. The molecule has 158 valence electrons. The van der Waals surface area contributed by atoms with E-state index in [-0.39, 0.29) is 17.7 Å². The van der Waals surface area contributed by atoms with Crippen LogP contribution in [0.1, 0.15) is 64.2 Å². The number of hydrogen-bond acceptors (Lipinski definition) is 4. The molecule has 3 heterocycles.